The van der Waals surface area contributed by atoms with Gasteiger partial charge >= 0.3 is 0 Å². The normalized spacial score (nSPS) is 30.2. The molecule has 0 spiro atoms. The maximum absolute atomic E-state index is 11.7. The molecule has 2 fully saturated rings. The summed E-state index contributed by atoms with van der Waals surface area (Å²) in [5.41, 5.74) is 1.86. The van der Waals surface area contributed by atoms with Gasteiger partial charge in [0.2, 0.25) is 5.91 Å². The lowest BCUT2D eigenvalue weighted by Gasteiger charge is -2.32. The minimum Gasteiger partial charge on any atom is -0.301 e. The number of likely N-dealkylation sites (tertiary alicyclic amines) is 1. The molecule has 0 aromatic heterocycles. The molecule has 18 heavy (non-hydrogen) atoms. The van der Waals surface area contributed by atoms with Crippen LogP contribution in [0.4, 0.5) is 0 Å². The quantitative estimate of drug-likeness (QED) is 0.428. The highest BCUT2D eigenvalue weighted by molar-refractivity contribution is 5.81. The number of hydrazine groups is 1. The van der Waals surface area contributed by atoms with Gasteiger partial charge in [0.15, 0.2) is 0 Å². The first-order valence-electron chi connectivity index (χ1n) is 6.89. The highest BCUT2D eigenvalue weighted by Gasteiger charge is 2.37. The predicted molar refractivity (Wildman–Crippen MR) is 71.7 cm³/mol. The summed E-state index contributed by atoms with van der Waals surface area (Å²) in [5, 5.41) is 0. The minimum atomic E-state index is -0.420. The van der Waals surface area contributed by atoms with Gasteiger partial charge in [-0.15, -0.1) is 0 Å². The zero-order chi connectivity index (χ0) is 13.3. The van der Waals surface area contributed by atoms with Crippen LogP contribution in [0.2, 0.25) is 0 Å². The Bertz CT molecular complexity index is 318. The molecule has 2 unspecified atom stereocenters. The molecule has 2 saturated heterocycles. The third-order valence-electron chi connectivity index (χ3n) is 4.60. The molecule has 0 radical (unpaired) electrons. The van der Waals surface area contributed by atoms with E-state index in [4.69, 9.17) is 5.84 Å². The molecule has 2 heterocycles. The van der Waals surface area contributed by atoms with Crippen LogP contribution in [0.1, 0.15) is 33.1 Å². The highest BCUT2D eigenvalue weighted by Crippen LogP contribution is 2.29. The first kappa shape index (κ1) is 13.8. The van der Waals surface area contributed by atoms with Crippen molar-refractivity contribution in [3.05, 3.63) is 0 Å². The Kier molecular flexibility index (Phi) is 3.94. The van der Waals surface area contributed by atoms with Crippen LogP contribution in [0.25, 0.3) is 0 Å². The van der Waals surface area contributed by atoms with Gasteiger partial charge in [0.1, 0.15) is 0 Å². The van der Waals surface area contributed by atoms with Gasteiger partial charge < -0.3 is 4.90 Å². The van der Waals surface area contributed by atoms with Gasteiger partial charge in [-0.1, -0.05) is 0 Å². The summed E-state index contributed by atoms with van der Waals surface area (Å²) in [5.74, 6) is 5.17. The smallest absolute Gasteiger partial charge is 0.240 e. The van der Waals surface area contributed by atoms with Crippen molar-refractivity contribution in [2.45, 2.75) is 45.2 Å². The molecule has 0 aromatic rings. The van der Waals surface area contributed by atoms with Crippen LogP contribution in [-0.4, -0.2) is 54.5 Å². The number of likely N-dealkylation sites (N-methyl/N-ethyl adjacent to an activating group) is 1. The van der Waals surface area contributed by atoms with Gasteiger partial charge in [0.25, 0.3) is 0 Å². The van der Waals surface area contributed by atoms with Crippen molar-refractivity contribution in [1.82, 2.24) is 15.2 Å². The summed E-state index contributed by atoms with van der Waals surface area (Å²) in [6, 6.07) is 1.40. The van der Waals surface area contributed by atoms with Crippen molar-refractivity contribution in [3.63, 3.8) is 0 Å². The molecule has 0 aliphatic carbocycles. The summed E-state index contributed by atoms with van der Waals surface area (Å²) < 4.78 is 0. The summed E-state index contributed by atoms with van der Waals surface area (Å²) in [6.07, 6.45) is 3.84. The average molecular weight is 254 g/mol. The topological polar surface area (TPSA) is 61.6 Å². The number of amides is 1. The summed E-state index contributed by atoms with van der Waals surface area (Å²) in [7, 11) is 2.24. The SMILES string of the molecule is CN1C2CCC1CN(CC(C)(C)C(=O)NN)CC2. The molecule has 0 aromatic carbocycles. The first-order chi connectivity index (χ1) is 8.44. The molecular formula is C13H26N4O. The third kappa shape index (κ3) is 2.68. The fourth-order valence-electron chi connectivity index (χ4n) is 3.35. The summed E-state index contributed by atoms with van der Waals surface area (Å²) in [6.45, 7) is 6.87. The fourth-order valence-corrected chi connectivity index (χ4v) is 3.35. The van der Waals surface area contributed by atoms with Crippen LogP contribution in [0.5, 0.6) is 0 Å². The van der Waals surface area contributed by atoms with Crippen LogP contribution < -0.4 is 11.3 Å². The van der Waals surface area contributed by atoms with Crippen LogP contribution >= 0.6 is 0 Å². The van der Waals surface area contributed by atoms with Gasteiger partial charge in [-0.3, -0.25) is 15.1 Å². The van der Waals surface area contributed by atoms with Crippen LogP contribution in [-0.2, 0) is 4.79 Å². The lowest BCUT2D eigenvalue weighted by atomic mass is 9.91. The summed E-state index contributed by atoms with van der Waals surface area (Å²) >= 11 is 0. The number of carbonyl (C=O) groups is 1. The maximum Gasteiger partial charge on any atom is 0.240 e. The van der Waals surface area contributed by atoms with E-state index in [1.54, 1.807) is 0 Å². The summed E-state index contributed by atoms with van der Waals surface area (Å²) in [4.78, 5) is 16.7. The van der Waals surface area contributed by atoms with E-state index in [1.165, 1.54) is 19.3 Å². The van der Waals surface area contributed by atoms with Crippen molar-refractivity contribution in [3.8, 4) is 0 Å². The van der Waals surface area contributed by atoms with Gasteiger partial charge in [0, 0.05) is 25.2 Å². The van der Waals surface area contributed by atoms with Crippen LogP contribution in [0.15, 0.2) is 0 Å². The zero-order valence-electron chi connectivity index (χ0n) is 11.8. The van der Waals surface area contributed by atoms with Gasteiger partial charge in [-0.2, -0.15) is 0 Å². The number of rotatable bonds is 3. The van der Waals surface area contributed by atoms with E-state index in [1.807, 2.05) is 13.8 Å². The number of nitrogens with zero attached hydrogens (tertiary/aromatic N) is 2. The van der Waals surface area contributed by atoms with Gasteiger partial charge in [-0.25, -0.2) is 5.84 Å². The number of nitrogens with one attached hydrogen (secondary N) is 1. The highest BCUT2D eigenvalue weighted by atomic mass is 16.2. The number of nitrogens with two attached hydrogens (primary N) is 1. The van der Waals surface area contributed by atoms with Crippen molar-refractivity contribution < 1.29 is 4.79 Å². The second-order valence-corrected chi connectivity index (χ2v) is 6.43. The lowest BCUT2D eigenvalue weighted by molar-refractivity contribution is -0.130. The lowest BCUT2D eigenvalue weighted by Crippen LogP contribution is -2.48. The predicted octanol–water partition coefficient (Wildman–Crippen LogP) is 0.171. The van der Waals surface area contributed by atoms with Crippen molar-refractivity contribution in [1.29, 1.82) is 0 Å². The molecule has 2 bridgehead atoms. The van der Waals surface area contributed by atoms with Gasteiger partial charge in [-0.05, 0) is 46.7 Å². The Balaban J connectivity index is 1.97. The molecule has 0 saturated carbocycles. The Hall–Kier alpha value is -0.650. The molecule has 104 valence electrons. The second-order valence-electron chi connectivity index (χ2n) is 6.43. The average Bonchev–Trinajstić information content (AvgIpc) is 2.56. The van der Waals surface area contributed by atoms with Crippen molar-refractivity contribution in [2.75, 3.05) is 26.7 Å². The van der Waals surface area contributed by atoms with Crippen LogP contribution in [0.3, 0.4) is 0 Å². The van der Waals surface area contributed by atoms with E-state index in [2.05, 4.69) is 22.3 Å². The van der Waals surface area contributed by atoms with E-state index >= 15 is 0 Å². The molecule has 2 aliphatic rings. The van der Waals surface area contributed by atoms with Gasteiger partial charge in [0.05, 0.1) is 5.41 Å². The number of carbonyl (C=O) groups excluding carboxylic acids is 1. The largest absolute Gasteiger partial charge is 0.301 e. The molecular weight excluding hydrogens is 228 g/mol. The molecule has 2 rings (SSSR count). The Morgan fingerprint density at radius 1 is 1.33 bits per heavy atom. The molecule has 1 amide bonds. The first-order valence-corrected chi connectivity index (χ1v) is 6.89. The monoisotopic (exact) mass is 254 g/mol. The van der Waals surface area contributed by atoms with E-state index in [0.717, 1.165) is 25.7 Å². The third-order valence-corrected chi connectivity index (χ3v) is 4.60. The molecule has 2 aliphatic heterocycles. The number of hydrogen-bond donors (Lipinski definition) is 2. The Morgan fingerprint density at radius 2 is 2.00 bits per heavy atom. The Labute approximate surface area is 110 Å². The minimum absolute atomic E-state index is 0.0785. The van der Waals surface area contributed by atoms with Crippen molar-refractivity contribution in [2.24, 2.45) is 11.3 Å². The van der Waals surface area contributed by atoms with E-state index in [-0.39, 0.29) is 5.91 Å². The fraction of sp³-hybridized carbons (Fsp3) is 0.923. The maximum atomic E-state index is 11.7. The standard InChI is InChI=1S/C13H26N4O/c1-13(2,12(18)15-14)9-17-7-6-10-4-5-11(8-17)16(10)3/h10-11H,4-9,14H2,1-3H3,(H,15,18). The molecule has 2 atom stereocenters. The molecule has 3 N–H and O–H groups in total. The Morgan fingerprint density at radius 3 is 2.67 bits per heavy atom. The molecule has 5 nitrogen and oxygen atoms in total. The molecule has 5 heteroatoms. The number of hydrogen-bond acceptors (Lipinski definition) is 4. The van der Waals surface area contributed by atoms with E-state index < -0.39 is 5.41 Å². The van der Waals surface area contributed by atoms with Crippen molar-refractivity contribution >= 4 is 5.91 Å². The second kappa shape index (κ2) is 5.15. The van der Waals surface area contributed by atoms with E-state index in [0.29, 0.717) is 6.04 Å². The zero-order valence-corrected chi connectivity index (χ0v) is 11.8. The van der Waals surface area contributed by atoms with Crippen LogP contribution in [0, 0.1) is 5.41 Å². The number of fused-ring (bicyclic) bond motifs is 2. The van der Waals surface area contributed by atoms with E-state index in [9.17, 15) is 4.79 Å².